The van der Waals surface area contributed by atoms with Gasteiger partial charge in [0.05, 0.1) is 6.61 Å². The highest BCUT2D eigenvalue weighted by atomic mass is 16.7. The number of methoxy groups -OCH3 is 1. The van der Waals surface area contributed by atoms with Gasteiger partial charge in [-0.1, -0.05) is 36.4 Å². The quantitative estimate of drug-likeness (QED) is 0.485. The molecule has 0 aliphatic carbocycles. The molecule has 134 valence electrons. The van der Waals surface area contributed by atoms with Crippen LogP contribution in [0, 0.1) is 0 Å². The van der Waals surface area contributed by atoms with Gasteiger partial charge in [-0.15, -0.1) is 0 Å². The van der Waals surface area contributed by atoms with E-state index in [1.54, 1.807) is 14.0 Å². The summed E-state index contributed by atoms with van der Waals surface area (Å²) in [7, 11) is 1.57. The Morgan fingerprint density at radius 1 is 0.960 bits per heavy atom. The molecule has 0 saturated heterocycles. The zero-order chi connectivity index (χ0) is 17.9. The molecule has 0 aliphatic rings. The first-order valence-corrected chi connectivity index (χ1v) is 8.30. The van der Waals surface area contributed by atoms with Crippen molar-refractivity contribution >= 4 is 5.97 Å². The number of esters is 1. The van der Waals surface area contributed by atoms with Gasteiger partial charge in [-0.25, -0.2) is 0 Å². The average molecular weight is 344 g/mol. The maximum absolute atomic E-state index is 11.5. The summed E-state index contributed by atoms with van der Waals surface area (Å²) in [6.45, 7) is 2.78. The second-order valence-electron chi connectivity index (χ2n) is 5.41. The van der Waals surface area contributed by atoms with E-state index in [0.29, 0.717) is 37.6 Å². The van der Waals surface area contributed by atoms with Crippen LogP contribution in [0.2, 0.25) is 0 Å². The van der Waals surface area contributed by atoms with Crippen LogP contribution in [0.5, 0.6) is 11.5 Å². The van der Waals surface area contributed by atoms with Gasteiger partial charge >= 0.3 is 5.97 Å². The number of ether oxygens (including phenoxy) is 4. The van der Waals surface area contributed by atoms with E-state index in [1.165, 1.54) is 0 Å². The molecule has 0 unspecified atom stereocenters. The Hall–Kier alpha value is -2.53. The van der Waals surface area contributed by atoms with Gasteiger partial charge in [0.2, 0.25) is 0 Å². The smallest absolute Gasteiger partial charge is 0.306 e. The van der Waals surface area contributed by atoms with E-state index in [-0.39, 0.29) is 12.8 Å². The van der Waals surface area contributed by atoms with Crippen LogP contribution >= 0.6 is 0 Å². The third kappa shape index (κ3) is 6.47. The molecular formula is C20H24O5. The minimum Gasteiger partial charge on any atom is -0.485 e. The Bertz CT molecular complexity index is 654. The van der Waals surface area contributed by atoms with Crippen LogP contribution in [0.15, 0.2) is 48.5 Å². The highest BCUT2D eigenvalue weighted by Gasteiger charge is 2.09. The molecule has 0 spiro atoms. The summed E-state index contributed by atoms with van der Waals surface area (Å²) in [6.07, 6.45) is 0.926. The zero-order valence-corrected chi connectivity index (χ0v) is 14.7. The first kappa shape index (κ1) is 18.8. The van der Waals surface area contributed by atoms with Gasteiger partial charge < -0.3 is 18.9 Å². The summed E-state index contributed by atoms with van der Waals surface area (Å²) in [4.78, 5) is 11.5. The number of rotatable bonds is 10. The van der Waals surface area contributed by atoms with Crippen molar-refractivity contribution in [2.45, 2.75) is 26.4 Å². The molecule has 0 bridgehead atoms. The minimum atomic E-state index is -0.200. The van der Waals surface area contributed by atoms with E-state index >= 15 is 0 Å². The highest BCUT2D eigenvalue weighted by molar-refractivity contribution is 5.69. The lowest BCUT2D eigenvalue weighted by Crippen LogP contribution is -2.06. The van der Waals surface area contributed by atoms with Gasteiger partial charge in [0.1, 0.15) is 6.61 Å². The van der Waals surface area contributed by atoms with Crippen LogP contribution in [-0.4, -0.2) is 26.5 Å². The van der Waals surface area contributed by atoms with Gasteiger partial charge in [0.15, 0.2) is 18.3 Å². The summed E-state index contributed by atoms with van der Waals surface area (Å²) in [5.41, 5.74) is 2.05. The lowest BCUT2D eigenvalue weighted by Gasteiger charge is -2.14. The van der Waals surface area contributed by atoms with Gasteiger partial charge in [0.25, 0.3) is 0 Å². The van der Waals surface area contributed by atoms with Crippen LogP contribution < -0.4 is 9.47 Å². The Labute approximate surface area is 148 Å². The molecule has 5 heteroatoms. The van der Waals surface area contributed by atoms with E-state index < -0.39 is 0 Å². The first-order valence-electron chi connectivity index (χ1n) is 8.30. The number of benzene rings is 2. The summed E-state index contributed by atoms with van der Waals surface area (Å²) in [5, 5.41) is 0. The molecule has 0 atom stereocenters. The number of carbonyl (C=O) groups excluding carboxylic acids is 1. The lowest BCUT2D eigenvalue weighted by atomic mass is 10.1. The maximum atomic E-state index is 11.5. The molecule has 0 N–H and O–H groups in total. The zero-order valence-electron chi connectivity index (χ0n) is 14.7. The van der Waals surface area contributed by atoms with Gasteiger partial charge in [-0.05, 0) is 36.6 Å². The molecule has 0 aromatic heterocycles. The molecular weight excluding hydrogens is 320 g/mol. The van der Waals surface area contributed by atoms with Crippen LogP contribution in [-0.2, 0) is 27.3 Å². The predicted molar refractivity (Wildman–Crippen MR) is 94.7 cm³/mol. The molecule has 0 heterocycles. The molecule has 0 fully saturated rings. The van der Waals surface area contributed by atoms with Crippen molar-refractivity contribution in [3.8, 4) is 11.5 Å². The molecule has 25 heavy (non-hydrogen) atoms. The van der Waals surface area contributed by atoms with Gasteiger partial charge in [-0.2, -0.15) is 0 Å². The van der Waals surface area contributed by atoms with Gasteiger partial charge in [-0.3, -0.25) is 4.79 Å². The standard InChI is InChI=1S/C20H24O5/c1-3-23-20(21)12-10-16-9-11-18(25-15-22-2)19(13-16)24-14-17-7-5-4-6-8-17/h4-9,11,13H,3,10,12,14-15H2,1-2H3. The van der Waals surface area contributed by atoms with E-state index in [0.717, 1.165) is 11.1 Å². The molecule has 5 nitrogen and oxygen atoms in total. The predicted octanol–water partition coefficient (Wildman–Crippen LogP) is 3.74. The third-order valence-corrected chi connectivity index (χ3v) is 3.50. The van der Waals surface area contributed by atoms with Crippen LogP contribution in [0.3, 0.4) is 0 Å². The van der Waals surface area contributed by atoms with Crippen molar-refractivity contribution in [1.29, 1.82) is 0 Å². The minimum absolute atomic E-state index is 0.143. The monoisotopic (exact) mass is 344 g/mol. The molecule has 0 saturated carbocycles. The van der Waals surface area contributed by atoms with Crippen LogP contribution in [0.4, 0.5) is 0 Å². The van der Waals surface area contributed by atoms with Crippen molar-refractivity contribution in [1.82, 2.24) is 0 Å². The average Bonchev–Trinajstić information content (AvgIpc) is 2.64. The molecule has 0 amide bonds. The molecule has 2 aromatic rings. The second-order valence-corrected chi connectivity index (χ2v) is 5.41. The number of aryl methyl sites for hydroxylation is 1. The summed E-state index contributed by atoms with van der Waals surface area (Å²) < 4.78 is 21.4. The van der Waals surface area contributed by atoms with Crippen LogP contribution in [0.25, 0.3) is 0 Å². The fourth-order valence-electron chi connectivity index (χ4n) is 2.28. The van der Waals surface area contributed by atoms with Crippen molar-refractivity contribution in [3.63, 3.8) is 0 Å². The Morgan fingerprint density at radius 3 is 2.48 bits per heavy atom. The van der Waals surface area contributed by atoms with Crippen molar-refractivity contribution < 1.29 is 23.7 Å². The molecule has 2 aromatic carbocycles. The second kappa shape index (κ2) is 10.4. The normalized spacial score (nSPS) is 10.3. The lowest BCUT2D eigenvalue weighted by molar-refractivity contribution is -0.143. The van der Waals surface area contributed by atoms with Gasteiger partial charge in [0, 0.05) is 13.5 Å². The summed E-state index contributed by atoms with van der Waals surface area (Å²) >= 11 is 0. The maximum Gasteiger partial charge on any atom is 0.306 e. The Morgan fingerprint density at radius 2 is 1.76 bits per heavy atom. The largest absolute Gasteiger partial charge is 0.485 e. The SMILES string of the molecule is CCOC(=O)CCc1ccc(OCOC)c(OCc2ccccc2)c1. The Balaban J connectivity index is 2.06. The van der Waals surface area contributed by atoms with E-state index in [9.17, 15) is 4.79 Å². The summed E-state index contributed by atoms with van der Waals surface area (Å²) in [6, 6.07) is 15.5. The first-order chi connectivity index (χ1) is 12.2. The topological polar surface area (TPSA) is 54.0 Å². The Kier molecular flexibility index (Phi) is 7.79. The fraction of sp³-hybridized carbons (Fsp3) is 0.350. The van der Waals surface area contributed by atoms with E-state index in [4.69, 9.17) is 18.9 Å². The molecule has 0 radical (unpaired) electrons. The fourth-order valence-corrected chi connectivity index (χ4v) is 2.28. The third-order valence-electron chi connectivity index (χ3n) is 3.50. The molecule has 0 aliphatic heterocycles. The number of hydrogen-bond donors (Lipinski definition) is 0. The van der Waals surface area contributed by atoms with E-state index in [2.05, 4.69) is 0 Å². The van der Waals surface area contributed by atoms with Crippen LogP contribution in [0.1, 0.15) is 24.5 Å². The number of carbonyl (C=O) groups is 1. The van der Waals surface area contributed by atoms with Crippen molar-refractivity contribution in [2.75, 3.05) is 20.5 Å². The van der Waals surface area contributed by atoms with Crippen molar-refractivity contribution in [2.24, 2.45) is 0 Å². The van der Waals surface area contributed by atoms with E-state index in [1.807, 2.05) is 48.5 Å². The number of hydrogen-bond acceptors (Lipinski definition) is 5. The summed E-state index contributed by atoms with van der Waals surface area (Å²) in [5.74, 6) is 1.04. The van der Waals surface area contributed by atoms with Crippen molar-refractivity contribution in [3.05, 3.63) is 59.7 Å². The molecule has 2 rings (SSSR count). The highest BCUT2D eigenvalue weighted by Crippen LogP contribution is 2.30.